The van der Waals surface area contributed by atoms with Crippen molar-refractivity contribution in [2.24, 2.45) is 7.05 Å². The molecule has 2 aromatic carbocycles. The molecule has 0 atom stereocenters. The van der Waals surface area contributed by atoms with Crippen molar-refractivity contribution in [3.05, 3.63) is 60.0 Å². The van der Waals surface area contributed by atoms with Crippen LogP contribution in [0.25, 0.3) is 22.3 Å². The summed E-state index contributed by atoms with van der Waals surface area (Å²) in [4.78, 5) is 5.62. The van der Waals surface area contributed by atoms with Crippen molar-refractivity contribution in [3.8, 4) is 17.1 Å². The van der Waals surface area contributed by atoms with Crippen LogP contribution >= 0.6 is 11.8 Å². The van der Waals surface area contributed by atoms with Crippen molar-refractivity contribution >= 4 is 22.7 Å². The maximum absolute atomic E-state index is 13.2. The van der Waals surface area contributed by atoms with E-state index in [9.17, 15) is 4.39 Å². The standard InChI is InChI=1S/C20H17FN4OS/c1-12-10-18(16-11-15(26-3)8-9-17(16)22-12)27-20-24-23-19(25(20)2)13-4-6-14(21)7-5-13/h4-11H,1-3H3. The summed E-state index contributed by atoms with van der Waals surface area (Å²) in [5.41, 5.74) is 2.64. The van der Waals surface area contributed by atoms with E-state index in [4.69, 9.17) is 4.74 Å². The van der Waals surface area contributed by atoms with Crippen molar-refractivity contribution in [3.63, 3.8) is 0 Å². The molecule has 2 aromatic heterocycles. The van der Waals surface area contributed by atoms with Crippen LogP contribution in [-0.4, -0.2) is 26.9 Å². The number of aryl methyl sites for hydroxylation is 1. The Morgan fingerprint density at radius 1 is 1.04 bits per heavy atom. The van der Waals surface area contributed by atoms with E-state index in [1.165, 1.54) is 23.9 Å². The van der Waals surface area contributed by atoms with E-state index < -0.39 is 0 Å². The van der Waals surface area contributed by atoms with E-state index in [1.54, 1.807) is 19.2 Å². The van der Waals surface area contributed by atoms with Gasteiger partial charge in [0.15, 0.2) is 11.0 Å². The summed E-state index contributed by atoms with van der Waals surface area (Å²) >= 11 is 1.52. The van der Waals surface area contributed by atoms with Crippen molar-refractivity contribution in [2.75, 3.05) is 7.11 Å². The predicted molar refractivity (Wildman–Crippen MR) is 104 cm³/mol. The molecule has 4 aromatic rings. The normalized spacial score (nSPS) is 11.1. The molecular formula is C20H17FN4OS. The average Bonchev–Trinajstić information content (AvgIpc) is 3.02. The van der Waals surface area contributed by atoms with Crippen LogP contribution in [0.5, 0.6) is 5.75 Å². The van der Waals surface area contributed by atoms with Crippen molar-refractivity contribution in [1.82, 2.24) is 19.7 Å². The topological polar surface area (TPSA) is 52.8 Å². The van der Waals surface area contributed by atoms with E-state index in [0.29, 0.717) is 5.82 Å². The highest BCUT2D eigenvalue weighted by Gasteiger charge is 2.15. The number of ether oxygens (including phenoxy) is 1. The minimum atomic E-state index is -0.275. The molecule has 0 fully saturated rings. The van der Waals surface area contributed by atoms with Crippen LogP contribution in [0.4, 0.5) is 4.39 Å². The number of benzene rings is 2. The maximum atomic E-state index is 13.2. The van der Waals surface area contributed by atoms with Gasteiger partial charge >= 0.3 is 0 Å². The number of hydrogen-bond acceptors (Lipinski definition) is 5. The summed E-state index contributed by atoms with van der Waals surface area (Å²) in [7, 11) is 3.55. The molecule has 0 saturated heterocycles. The number of fused-ring (bicyclic) bond motifs is 1. The molecular weight excluding hydrogens is 363 g/mol. The van der Waals surface area contributed by atoms with Gasteiger partial charge in [0.1, 0.15) is 11.6 Å². The lowest BCUT2D eigenvalue weighted by molar-refractivity contribution is 0.415. The number of rotatable bonds is 4. The highest BCUT2D eigenvalue weighted by atomic mass is 32.2. The highest BCUT2D eigenvalue weighted by molar-refractivity contribution is 7.99. The molecule has 0 unspecified atom stereocenters. The van der Waals surface area contributed by atoms with Crippen LogP contribution in [0.15, 0.2) is 58.6 Å². The van der Waals surface area contributed by atoms with Gasteiger partial charge in [-0.1, -0.05) is 0 Å². The summed E-state index contributed by atoms with van der Waals surface area (Å²) in [6.07, 6.45) is 0. The van der Waals surface area contributed by atoms with E-state index in [-0.39, 0.29) is 5.82 Å². The quantitative estimate of drug-likeness (QED) is 0.516. The summed E-state index contributed by atoms with van der Waals surface area (Å²) in [6, 6.07) is 14.1. The molecule has 136 valence electrons. The van der Waals surface area contributed by atoms with Gasteiger partial charge in [-0.2, -0.15) is 0 Å². The second-order valence-electron chi connectivity index (χ2n) is 6.12. The van der Waals surface area contributed by atoms with Gasteiger partial charge in [0.2, 0.25) is 0 Å². The minimum absolute atomic E-state index is 0.275. The Bertz CT molecular complexity index is 1120. The Hall–Kier alpha value is -2.93. The summed E-state index contributed by atoms with van der Waals surface area (Å²) in [5, 5.41) is 10.3. The molecule has 4 rings (SSSR count). The number of aromatic nitrogens is 4. The van der Waals surface area contributed by atoms with Gasteiger partial charge in [0.05, 0.1) is 12.6 Å². The third-order valence-electron chi connectivity index (χ3n) is 4.24. The molecule has 7 heteroatoms. The van der Waals surface area contributed by atoms with Crippen LogP contribution in [0.2, 0.25) is 0 Å². The molecule has 0 saturated carbocycles. The molecule has 5 nitrogen and oxygen atoms in total. The number of pyridine rings is 1. The van der Waals surface area contributed by atoms with E-state index in [2.05, 4.69) is 15.2 Å². The van der Waals surface area contributed by atoms with Crippen LogP contribution in [0, 0.1) is 12.7 Å². The first-order valence-corrected chi connectivity index (χ1v) is 9.15. The lowest BCUT2D eigenvalue weighted by atomic mass is 10.2. The maximum Gasteiger partial charge on any atom is 0.196 e. The first-order chi connectivity index (χ1) is 13.0. The van der Waals surface area contributed by atoms with Crippen molar-refractivity contribution in [1.29, 1.82) is 0 Å². The van der Waals surface area contributed by atoms with Crippen LogP contribution in [0.3, 0.4) is 0 Å². The summed E-state index contributed by atoms with van der Waals surface area (Å²) in [5.74, 6) is 1.19. The fourth-order valence-corrected chi connectivity index (χ4v) is 3.87. The molecule has 0 aliphatic rings. The van der Waals surface area contributed by atoms with E-state index >= 15 is 0 Å². The fourth-order valence-electron chi connectivity index (χ4n) is 2.86. The number of methoxy groups -OCH3 is 1. The summed E-state index contributed by atoms with van der Waals surface area (Å²) in [6.45, 7) is 1.97. The van der Waals surface area contributed by atoms with E-state index in [0.717, 1.165) is 38.0 Å². The Morgan fingerprint density at radius 3 is 2.56 bits per heavy atom. The largest absolute Gasteiger partial charge is 0.497 e. The summed E-state index contributed by atoms with van der Waals surface area (Å²) < 4.78 is 20.4. The lowest BCUT2D eigenvalue weighted by Gasteiger charge is -2.09. The monoisotopic (exact) mass is 380 g/mol. The van der Waals surface area contributed by atoms with Crippen LogP contribution in [0.1, 0.15) is 5.69 Å². The molecule has 2 heterocycles. The SMILES string of the molecule is COc1ccc2nc(C)cc(Sc3nnc(-c4ccc(F)cc4)n3C)c2c1. The number of hydrogen-bond donors (Lipinski definition) is 0. The molecule has 0 amide bonds. The first kappa shape index (κ1) is 17.5. The second-order valence-corrected chi connectivity index (χ2v) is 7.13. The van der Waals surface area contributed by atoms with Gasteiger partial charge in [-0.25, -0.2) is 4.39 Å². The Morgan fingerprint density at radius 2 is 1.81 bits per heavy atom. The second kappa shape index (κ2) is 7.00. The average molecular weight is 380 g/mol. The Balaban J connectivity index is 1.75. The molecule has 0 aliphatic carbocycles. The highest BCUT2D eigenvalue weighted by Crippen LogP contribution is 2.35. The van der Waals surface area contributed by atoms with Gasteiger partial charge in [-0.15, -0.1) is 10.2 Å². The van der Waals surface area contributed by atoms with Gasteiger partial charge < -0.3 is 9.30 Å². The van der Waals surface area contributed by atoms with Gasteiger partial charge in [0, 0.05) is 28.6 Å². The Kier molecular flexibility index (Phi) is 4.53. The van der Waals surface area contributed by atoms with E-state index in [1.807, 2.05) is 42.8 Å². The molecule has 0 radical (unpaired) electrons. The zero-order valence-electron chi connectivity index (χ0n) is 15.1. The van der Waals surface area contributed by atoms with Crippen LogP contribution in [-0.2, 0) is 7.05 Å². The lowest BCUT2D eigenvalue weighted by Crippen LogP contribution is -1.95. The van der Waals surface area contributed by atoms with Crippen molar-refractivity contribution in [2.45, 2.75) is 17.0 Å². The zero-order valence-corrected chi connectivity index (χ0v) is 15.9. The molecule has 0 aliphatic heterocycles. The van der Waals surface area contributed by atoms with Gasteiger partial charge in [0.25, 0.3) is 0 Å². The predicted octanol–water partition coefficient (Wildman–Crippen LogP) is 4.64. The third-order valence-corrected chi connectivity index (χ3v) is 5.34. The molecule has 27 heavy (non-hydrogen) atoms. The third kappa shape index (κ3) is 3.38. The van der Waals surface area contributed by atoms with Gasteiger partial charge in [-0.3, -0.25) is 4.98 Å². The molecule has 0 spiro atoms. The van der Waals surface area contributed by atoms with Crippen LogP contribution < -0.4 is 4.74 Å². The number of halogens is 1. The number of nitrogens with zero attached hydrogens (tertiary/aromatic N) is 4. The Labute approximate surface area is 160 Å². The molecule has 0 bridgehead atoms. The fraction of sp³-hybridized carbons (Fsp3) is 0.150. The van der Waals surface area contributed by atoms with Gasteiger partial charge in [-0.05, 0) is 67.2 Å². The first-order valence-electron chi connectivity index (χ1n) is 8.34. The smallest absolute Gasteiger partial charge is 0.196 e. The minimum Gasteiger partial charge on any atom is -0.497 e. The van der Waals surface area contributed by atoms with Crippen molar-refractivity contribution < 1.29 is 9.13 Å². The molecule has 0 N–H and O–H groups in total. The zero-order chi connectivity index (χ0) is 19.0.